The molecule has 0 radical (unpaired) electrons. The second-order valence-electron chi connectivity index (χ2n) is 6.16. The van der Waals surface area contributed by atoms with Crippen LogP contribution in [0.2, 0.25) is 0 Å². The van der Waals surface area contributed by atoms with Gasteiger partial charge in [-0.05, 0) is 31.0 Å². The van der Waals surface area contributed by atoms with Gasteiger partial charge in [-0.1, -0.05) is 48.5 Å². The third-order valence-electron chi connectivity index (χ3n) is 4.92. The van der Waals surface area contributed by atoms with E-state index in [9.17, 15) is 0 Å². The zero-order chi connectivity index (χ0) is 14.1. The third kappa shape index (κ3) is 2.44. The van der Waals surface area contributed by atoms with Gasteiger partial charge in [0.2, 0.25) is 0 Å². The van der Waals surface area contributed by atoms with Crippen molar-refractivity contribution in [3.05, 3.63) is 54.6 Å². The minimum Gasteiger partial charge on any atom is -0.368 e. The molecular weight excluding hydrogens is 256 g/mol. The van der Waals surface area contributed by atoms with Crippen molar-refractivity contribution in [3.63, 3.8) is 0 Å². The highest BCUT2D eigenvalue weighted by Gasteiger charge is 2.31. The molecule has 2 aromatic rings. The predicted molar refractivity (Wildman–Crippen MR) is 88.7 cm³/mol. The minimum absolute atomic E-state index is 0.766. The Bertz CT molecular complexity index is 608. The summed E-state index contributed by atoms with van der Waals surface area (Å²) >= 11 is 0. The van der Waals surface area contributed by atoms with Crippen molar-refractivity contribution >= 4 is 5.69 Å². The number of anilines is 1. The molecular formula is C19H22N2. The molecule has 1 atom stereocenters. The maximum absolute atomic E-state index is 2.67. The van der Waals surface area contributed by atoms with Crippen LogP contribution in [0, 0.1) is 0 Å². The second-order valence-corrected chi connectivity index (χ2v) is 6.16. The van der Waals surface area contributed by atoms with E-state index in [-0.39, 0.29) is 0 Å². The lowest BCUT2D eigenvalue weighted by Gasteiger charge is -2.39. The lowest BCUT2D eigenvalue weighted by molar-refractivity contribution is 0.231. The first-order valence-corrected chi connectivity index (χ1v) is 8.05. The van der Waals surface area contributed by atoms with Crippen molar-refractivity contribution in [2.24, 2.45) is 0 Å². The normalized spacial score (nSPS) is 22.3. The molecule has 0 spiro atoms. The summed E-state index contributed by atoms with van der Waals surface area (Å²) in [5, 5.41) is 0. The highest BCUT2D eigenvalue weighted by Crippen LogP contribution is 2.33. The van der Waals surface area contributed by atoms with Crippen molar-refractivity contribution in [3.8, 4) is 11.1 Å². The lowest BCUT2D eigenvalue weighted by Crippen LogP contribution is -2.50. The van der Waals surface area contributed by atoms with Gasteiger partial charge >= 0.3 is 0 Å². The molecule has 4 rings (SSSR count). The van der Waals surface area contributed by atoms with Gasteiger partial charge in [0, 0.05) is 36.9 Å². The Morgan fingerprint density at radius 1 is 0.810 bits per heavy atom. The molecule has 2 aliphatic heterocycles. The minimum atomic E-state index is 0.766. The molecule has 2 heterocycles. The van der Waals surface area contributed by atoms with Crippen LogP contribution in [-0.4, -0.2) is 37.1 Å². The molecule has 0 bridgehead atoms. The van der Waals surface area contributed by atoms with Crippen LogP contribution in [0.25, 0.3) is 11.1 Å². The summed E-state index contributed by atoms with van der Waals surface area (Å²) in [5.74, 6) is 0. The van der Waals surface area contributed by atoms with Crippen LogP contribution in [0.1, 0.15) is 12.8 Å². The van der Waals surface area contributed by atoms with E-state index in [0.717, 1.165) is 12.6 Å². The van der Waals surface area contributed by atoms with Crippen LogP contribution < -0.4 is 4.90 Å². The van der Waals surface area contributed by atoms with E-state index in [0.29, 0.717) is 0 Å². The molecule has 0 amide bonds. The van der Waals surface area contributed by atoms with E-state index in [4.69, 9.17) is 0 Å². The van der Waals surface area contributed by atoms with Crippen molar-refractivity contribution in [2.75, 3.05) is 31.1 Å². The Hall–Kier alpha value is -1.80. The van der Waals surface area contributed by atoms with Crippen molar-refractivity contribution < 1.29 is 0 Å². The summed E-state index contributed by atoms with van der Waals surface area (Å²) in [7, 11) is 0. The maximum Gasteiger partial charge on any atom is 0.0446 e. The van der Waals surface area contributed by atoms with E-state index in [1.54, 1.807) is 0 Å². The van der Waals surface area contributed by atoms with E-state index in [1.165, 1.54) is 49.3 Å². The fourth-order valence-electron chi connectivity index (χ4n) is 3.82. The smallest absolute Gasteiger partial charge is 0.0446 e. The van der Waals surface area contributed by atoms with Gasteiger partial charge in [0.1, 0.15) is 0 Å². The predicted octanol–water partition coefficient (Wildman–Crippen LogP) is 3.64. The molecule has 2 heteroatoms. The summed E-state index contributed by atoms with van der Waals surface area (Å²) in [6.07, 6.45) is 2.74. The lowest BCUT2D eigenvalue weighted by atomic mass is 10.0. The Morgan fingerprint density at radius 2 is 1.62 bits per heavy atom. The molecule has 2 aliphatic rings. The van der Waals surface area contributed by atoms with Crippen LogP contribution in [0.5, 0.6) is 0 Å². The highest BCUT2D eigenvalue weighted by molar-refractivity contribution is 5.78. The Morgan fingerprint density at radius 3 is 2.52 bits per heavy atom. The SMILES string of the molecule is c1ccc(-c2ccccc2N2CCN3CCCC3C2)cc1. The van der Waals surface area contributed by atoms with Gasteiger partial charge < -0.3 is 4.90 Å². The molecule has 0 N–H and O–H groups in total. The first-order chi connectivity index (χ1) is 10.4. The van der Waals surface area contributed by atoms with Crippen molar-refractivity contribution in [1.29, 1.82) is 0 Å². The molecule has 21 heavy (non-hydrogen) atoms. The number of hydrogen-bond acceptors (Lipinski definition) is 2. The van der Waals surface area contributed by atoms with E-state index >= 15 is 0 Å². The van der Waals surface area contributed by atoms with Crippen molar-refractivity contribution in [2.45, 2.75) is 18.9 Å². The summed E-state index contributed by atoms with van der Waals surface area (Å²) in [6.45, 7) is 4.86. The zero-order valence-electron chi connectivity index (χ0n) is 12.4. The Balaban J connectivity index is 1.66. The highest BCUT2D eigenvalue weighted by atomic mass is 15.3. The monoisotopic (exact) mass is 278 g/mol. The summed E-state index contributed by atoms with van der Waals surface area (Å²) < 4.78 is 0. The molecule has 108 valence electrons. The number of nitrogens with zero attached hydrogens (tertiary/aromatic N) is 2. The van der Waals surface area contributed by atoms with E-state index in [2.05, 4.69) is 64.4 Å². The van der Waals surface area contributed by atoms with Crippen LogP contribution >= 0.6 is 0 Å². The molecule has 1 unspecified atom stereocenters. The molecule has 0 aromatic heterocycles. The van der Waals surface area contributed by atoms with E-state index < -0.39 is 0 Å². The first kappa shape index (κ1) is 12.9. The van der Waals surface area contributed by atoms with Gasteiger partial charge in [-0.3, -0.25) is 4.90 Å². The standard InChI is InChI=1S/C19H22N2/c1-2-7-16(8-3-1)18-10-4-5-11-19(18)21-14-13-20-12-6-9-17(20)15-21/h1-5,7-8,10-11,17H,6,9,12-15H2. The zero-order valence-corrected chi connectivity index (χ0v) is 12.4. The largest absolute Gasteiger partial charge is 0.368 e. The molecule has 0 aliphatic carbocycles. The first-order valence-electron chi connectivity index (χ1n) is 8.05. The number of rotatable bonds is 2. The maximum atomic E-state index is 2.67. The summed E-state index contributed by atoms with van der Waals surface area (Å²) in [4.78, 5) is 5.26. The van der Waals surface area contributed by atoms with Crippen LogP contribution in [0.3, 0.4) is 0 Å². The van der Waals surface area contributed by atoms with Gasteiger partial charge in [-0.25, -0.2) is 0 Å². The summed E-state index contributed by atoms with van der Waals surface area (Å²) in [5.41, 5.74) is 4.08. The molecule has 2 fully saturated rings. The number of fused-ring (bicyclic) bond motifs is 1. The third-order valence-corrected chi connectivity index (χ3v) is 4.92. The summed E-state index contributed by atoms with van der Waals surface area (Å²) in [6, 6.07) is 20.4. The van der Waals surface area contributed by atoms with Gasteiger partial charge in [-0.15, -0.1) is 0 Å². The second kappa shape index (κ2) is 5.53. The van der Waals surface area contributed by atoms with Gasteiger partial charge in [0.25, 0.3) is 0 Å². The fourth-order valence-corrected chi connectivity index (χ4v) is 3.82. The topological polar surface area (TPSA) is 6.48 Å². The average molecular weight is 278 g/mol. The van der Waals surface area contributed by atoms with Crippen LogP contribution in [-0.2, 0) is 0 Å². The van der Waals surface area contributed by atoms with Gasteiger partial charge in [0.05, 0.1) is 0 Å². The van der Waals surface area contributed by atoms with Gasteiger partial charge in [-0.2, -0.15) is 0 Å². The Kier molecular flexibility index (Phi) is 3.40. The molecule has 2 saturated heterocycles. The number of para-hydroxylation sites is 1. The number of piperazine rings is 1. The van der Waals surface area contributed by atoms with Gasteiger partial charge in [0.15, 0.2) is 0 Å². The quantitative estimate of drug-likeness (QED) is 0.827. The molecule has 2 aromatic carbocycles. The molecule has 2 nitrogen and oxygen atoms in total. The average Bonchev–Trinajstić information content (AvgIpc) is 3.03. The van der Waals surface area contributed by atoms with Crippen LogP contribution in [0.15, 0.2) is 54.6 Å². The van der Waals surface area contributed by atoms with Crippen molar-refractivity contribution in [1.82, 2.24) is 4.90 Å². The van der Waals surface area contributed by atoms with E-state index in [1.807, 2.05) is 0 Å². The number of hydrogen-bond donors (Lipinski definition) is 0. The fraction of sp³-hybridized carbons (Fsp3) is 0.368. The number of benzene rings is 2. The molecule has 0 saturated carbocycles. The Labute approximate surface area is 127 Å². The van der Waals surface area contributed by atoms with Crippen LogP contribution in [0.4, 0.5) is 5.69 Å².